The molecule has 2 rings (SSSR count). The zero-order valence-electron chi connectivity index (χ0n) is 15.1. The molecule has 8 nitrogen and oxygen atoms in total. The molecule has 25 heavy (non-hydrogen) atoms. The molecule has 0 bridgehead atoms. The minimum absolute atomic E-state index is 0.0622. The van der Waals surface area contributed by atoms with Crippen LogP contribution < -0.4 is 10.6 Å². The van der Waals surface area contributed by atoms with Crippen molar-refractivity contribution in [2.75, 3.05) is 27.2 Å². The molecule has 0 radical (unpaired) electrons. The Hall–Kier alpha value is -2.77. The first-order valence-corrected chi connectivity index (χ1v) is 8.13. The second-order valence-electron chi connectivity index (χ2n) is 5.81. The zero-order valence-corrected chi connectivity index (χ0v) is 15.1. The molecule has 2 aromatic rings. The first-order chi connectivity index (χ1) is 12.0. The number of carbonyl (C=O) groups excluding carboxylic acids is 1. The predicted molar refractivity (Wildman–Crippen MR) is 94.2 cm³/mol. The summed E-state index contributed by atoms with van der Waals surface area (Å²) in [5, 5.41) is 6.31. The molecule has 0 aliphatic rings. The molecule has 8 heteroatoms. The highest BCUT2D eigenvalue weighted by Gasteiger charge is 2.08. The molecule has 2 aromatic heterocycles. The molecule has 0 saturated heterocycles. The predicted octanol–water partition coefficient (Wildman–Crippen LogP) is 1.25. The van der Waals surface area contributed by atoms with Crippen molar-refractivity contribution in [2.45, 2.75) is 26.8 Å². The van der Waals surface area contributed by atoms with Gasteiger partial charge in [0.05, 0.1) is 18.5 Å². The van der Waals surface area contributed by atoms with E-state index >= 15 is 0 Å². The fraction of sp³-hybridized carbons (Fsp3) is 0.471. The van der Waals surface area contributed by atoms with Crippen LogP contribution in [-0.2, 0) is 17.8 Å². The van der Waals surface area contributed by atoms with E-state index in [0.717, 1.165) is 17.2 Å². The van der Waals surface area contributed by atoms with E-state index in [-0.39, 0.29) is 12.5 Å². The fourth-order valence-electron chi connectivity index (χ4n) is 2.00. The Morgan fingerprint density at radius 2 is 2.12 bits per heavy atom. The Morgan fingerprint density at radius 1 is 1.32 bits per heavy atom. The number of oxazole rings is 1. The summed E-state index contributed by atoms with van der Waals surface area (Å²) in [7, 11) is 3.40. The van der Waals surface area contributed by atoms with E-state index in [0.29, 0.717) is 31.4 Å². The third-order valence-corrected chi connectivity index (χ3v) is 3.60. The maximum atomic E-state index is 11.7. The van der Waals surface area contributed by atoms with Gasteiger partial charge in [-0.2, -0.15) is 0 Å². The lowest BCUT2D eigenvalue weighted by molar-refractivity contribution is -0.127. The molecule has 0 fully saturated rings. The van der Waals surface area contributed by atoms with Gasteiger partial charge in [-0.15, -0.1) is 0 Å². The summed E-state index contributed by atoms with van der Waals surface area (Å²) >= 11 is 0. The standard InChI is InChI=1S/C17H25N5O3/c1-12-13(2)25-15(21-12)10-19-17(20-11-16(23)22(3)4)18-8-7-14-6-5-9-24-14/h5-6,9H,7-8,10-11H2,1-4H3,(H2,18,19,20). The Morgan fingerprint density at radius 3 is 2.72 bits per heavy atom. The third-order valence-electron chi connectivity index (χ3n) is 3.60. The van der Waals surface area contributed by atoms with Gasteiger partial charge in [-0.25, -0.2) is 9.98 Å². The molecule has 0 atom stereocenters. The van der Waals surface area contributed by atoms with Crippen molar-refractivity contribution in [3.05, 3.63) is 41.5 Å². The van der Waals surface area contributed by atoms with Crippen molar-refractivity contribution in [1.82, 2.24) is 20.5 Å². The van der Waals surface area contributed by atoms with Crippen LogP contribution in [0.4, 0.5) is 0 Å². The number of hydrogen-bond acceptors (Lipinski definition) is 5. The number of nitrogens with zero attached hydrogens (tertiary/aromatic N) is 3. The largest absolute Gasteiger partial charge is 0.469 e. The number of hydrogen-bond donors (Lipinski definition) is 2. The van der Waals surface area contributed by atoms with E-state index in [4.69, 9.17) is 8.83 Å². The van der Waals surface area contributed by atoms with Crippen LogP contribution in [0.2, 0.25) is 0 Å². The van der Waals surface area contributed by atoms with Crippen molar-refractivity contribution >= 4 is 11.9 Å². The maximum absolute atomic E-state index is 11.7. The van der Waals surface area contributed by atoms with Gasteiger partial charge in [0.1, 0.15) is 18.1 Å². The van der Waals surface area contributed by atoms with Crippen LogP contribution >= 0.6 is 0 Å². The minimum Gasteiger partial charge on any atom is -0.469 e. The average molecular weight is 347 g/mol. The number of carbonyl (C=O) groups is 1. The van der Waals surface area contributed by atoms with E-state index in [1.807, 2.05) is 26.0 Å². The smallest absolute Gasteiger partial charge is 0.243 e. The van der Waals surface area contributed by atoms with Crippen LogP contribution in [0.15, 0.2) is 32.2 Å². The lowest BCUT2D eigenvalue weighted by atomic mass is 10.3. The van der Waals surface area contributed by atoms with Crippen molar-refractivity contribution in [3.8, 4) is 0 Å². The van der Waals surface area contributed by atoms with Crippen LogP contribution in [-0.4, -0.2) is 48.9 Å². The second-order valence-corrected chi connectivity index (χ2v) is 5.81. The van der Waals surface area contributed by atoms with Gasteiger partial charge in [0.2, 0.25) is 11.8 Å². The van der Waals surface area contributed by atoms with Gasteiger partial charge < -0.3 is 24.4 Å². The van der Waals surface area contributed by atoms with E-state index in [9.17, 15) is 4.79 Å². The highest BCUT2D eigenvalue weighted by molar-refractivity contribution is 5.84. The number of aliphatic imine (C=N–C) groups is 1. The molecule has 2 N–H and O–H groups in total. The SMILES string of the molecule is Cc1nc(CNC(=NCC(=O)N(C)C)NCCc2ccco2)oc1C. The van der Waals surface area contributed by atoms with Crippen LogP contribution in [0.1, 0.15) is 23.1 Å². The Balaban J connectivity index is 1.92. The molecule has 1 amide bonds. The van der Waals surface area contributed by atoms with Crippen LogP contribution in [0, 0.1) is 13.8 Å². The molecule has 0 spiro atoms. The van der Waals surface area contributed by atoms with Gasteiger partial charge in [0.15, 0.2) is 5.96 Å². The molecular weight excluding hydrogens is 322 g/mol. The maximum Gasteiger partial charge on any atom is 0.243 e. The van der Waals surface area contributed by atoms with Crippen LogP contribution in [0.25, 0.3) is 0 Å². The number of furan rings is 1. The van der Waals surface area contributed by atoms with Crippen LogP contribution in [0.5, 0.6) is 0 Å². The monoisotopic (exact) mass is 347 g/mol. The zero-order chi connectivity index (χ0) is 18.2. The fourth-order valence-corrected chi connectivity index (χ4v) is 2.00. The second kappa shape index (κ2) is 8.91. The van der Waals surface area contributed by atoms with Gasteiger partial charge in [-0.05, 0) is 26.0 Å². The summed E-state index contributed by atoms with van der Waals surface area (Å²) in [5.74, 6) is 2.71. The Bertz CT molecular complexity index is 684. The van der Waals surface area contributed by atoms with E-state index < -0.39 is 0 Å². The summed E-state index contributed by atoms with van der Waals surface area (Å²) in [6.07, 6.45) is 2.36. The minimum atomic E-state index is -0.0741. The molecule has 2 heterocycles. The van der Waals surface area contributed by atoms with Crippen molar-refractivity contribution in [3.63, 3.8) is 0 Å². The summed E-state index contributed by atoms with van der Waals surface area (Å²) < 4.78 is 10.8. The van der Waals surface area contributed by atoms with Crippen molar-refractivity contribution < 1.29 is 13.6 Å². The number of aryl methyl sites for hydroxylation is 2. The van der Waals surface area contributed by atoms with Gasteiger partial charge in [0, 0.05) is 27.1 Å². The summed E-state index contributed by atoms with van der Waals surface area (Å²) in [5.41, 5.74) is 0.865. The first-order valence-electron chi connectivity index (χ1n) is 8.13. The highest BCUT2D eigenvalue weighted by atomic mass is 16.4. The van der Waals surface area contributed by atoms with Gasteiger partial charge >= 0.3 is 0 Å². The molecule has 0 aromatic carbocycles. The van der Waals surface area contributed by atoms with Crippen molar-refractivity contribution in [1.29, 1.82) is 0 Å². The van der Waals surface area contributed by atoms with Gasteiger partial charge in [-0.1, -0.05) is 0 Å². The van der Waals surface area contributed by atoms with Crippen molar-refractivity contribution in [2.24, 2.45) is 4.99 Å². The van der Waals surface area contributed by atoms with Gasteiger partial charge in [-0.3, -0.25) is 4.79 Å². The molecule has 136 valence electrons. The third kappa shape index (κ3) is 5.98. The summed E-state index contributed by atoms with van der Waals surface area (Å²) in [6.45, 7) is 4.84. The Kier molecular flexibility index (Phi) is 6.62. The number of rotatable bonds is 7. The quantitative estimate of drug-likeness (QED) is 0.578. The number of aromatic nitrogens is 1. The molecule has 0 unspecified atom stereocenters. The summed E-state index contributed by atoms with van der Waals surface area (Å²) in [6, 6.07) is 3.77. The molecule has 0 aliphatic carbocycles. The molecule has 0 aliphatic heterocycles. The number of likely N-dealkylation sites (N-methyl/N-ethyl adjacent to an activating group) is 1. The molecule has 0 saturated carbocycles. The number of nitrogens with one attached hydrogen (secondary N) is 2. The van der Waals surface area contributed by atoms with E-state index in [1.54, 1.807) is 20.4 Å². The average Bonchev–Trinajstić information content (AvgIpc) is 3.19. The number of amides is 1. The first kappa shape index (κ1) is 18.6. The topological polar surface area (TPSA) is 95.9 Å². The Labute approximate surface area is 147 Å². The molecular formula is C17H25N5O3. The van der Waals surface area contributed by atoms with Gasteiger partial charge in [0.25, 0.3) is 0 Å². The van der Waals surface area contributed by atoms with E-state index in [2.05, 4.69) is 20.6 Å². The highest BCUT2D eigenvalue weighted by Crippen LogP contribution is 2.07. The normalized spacial score (nSPS) is 11.4. The lowest BCUT2D eigenvalue weighted by Crippen LogP contribution is -2.39. The number of guanidine groups is 1. The summed E-state index contributed by atoms with van der Waals surface area (Å²) in [4.78, 5) is 21.9. The lowest BCUT2D eigenvalue weighted by Gasteiger charge is -2.12. The van der Waals surface area contributed by atoms with Crippen LogP contribution in [0.3, 0.4) is 0 Å². The van der Waals surface area contributed by atoms with E-state index in [1.165, 1.54) is 4.90 Å².